The van der Waals surface area contributed by atoms with Crippen LogP contribution in [0, 0.1) is 6.92 Å². The molecule has 49 heavy (non-hydrogen) atoms. The quantitative estimate of drug-likeness (QED) is 0.204. The van der Waals surface area contributed by atoms with Gasteiger partial charge in [0.05, 0.1) is 21.8 Å². The van der Waals surface area contributed by atoms with Crippen molar-refractivity contribution in [3.8, 4) is 22.4 Å². The molecule has 0 unspecified atom stereocenters. The number of aryl methyl sites for hydroxylation is 2. The minimum absolute atomic E-state index is 0.0330. The molecule has 1 N–H and O–H groups in total. The van der Waals surface area contributed by atoms with Crippen LogP contribution in [0.2, 0.25) is 0 Å². The minimum atomic E-state index is -4.86. The Kier molecular flexibility index (Phi) is 8.67. The molecule has 11 nitrogen and oxygen atoms in total. The van der Waals surface area contributed by atoms with Crippen LogP contribution < -0.4 is 5.32 Å². The third kappa shape index (κ3) is 6.98. The van der Waals surface area contributed by atoms with Crippen LogP contribution in [0.3, 0.4) is 0 Å². The molecule has 1 amide bonds. The number of nitrogens with one attached hydrogen (secondary N) is 1. The first-order chi connectivity index (χ1) is 23.0. The number of ether oxygens (including phenoxy) is 1. The lowest BCUT2D eigenvalue weighted by Gasteiger charge is -2.34. The van der Waals surface area contributed by atoms with E-state index in [2.05, 4.69) is 20.4 Å². The van der Waals surface area contributed by atoms with Gasteiger partial charge in [0, 0.05) is 61.3 Å². The first-order valence-electron chi connectivity index (χ1n) is 15.7. The Hall–Kier alpha value is -4.92. The van der Waals surface area contributed by atoms with E-state index in [1.165, 1.54) is 18.3 Å². The number of rotatable bonds is 6. The van der Waals surface area contributed by atoms with Crippen molar-refractivity contribution in [2.45, 2.75) is 63.3 Å². The normalized spacial score (nSPS) is 15.8. The number of likely N-dealkylation sites (tertiary alicyclic amines) is 1. The lowest BCUT2D eigenvalue weighted by Crippen LogP contribution is -2.47. The van der Waals surface area contributed by atoms with E-state index in [4.69, 9.17) is 4.74 Å². The Bertz CT molecular complexity index is 2140. The summed E-state index contributed by atoms with van der Waals surface area (Å²) in [6, 6.07) is 12.2. The van der Waals surface area contributed by atoms with Gasteiger partial charge in [0.2, 0.25) is 5.95 Å². The van der Waals surface area contributed by atoms with Gasteiger partial charge in [-0.1, -0.05) is 30.3 Å². The fourth-order valence-electron chi connectivity index (χ4n) is 5.98. The van der Waals surface area contributed by atoms with Gasteiger partial charge in [-0.25, -0.2) is 27.2 Å². The third-order valence-electron chi connectivity index (χ3n) is 8.15. The number of benzene rings is 2. The zero-order valence-corrected chi connectivity index (χ0v) is 28.4. The van der Waals surface area contributed by atoms with Gasteiger partial charge in [0.15, 0.2) is 0 Å². The first kappa shape index (κ1) is 34.0. The van der Waals surface area contributed by atoms with Gasteiger partial charge in [-0.15, -0.1) is 0 Å². The number of anilines is 1. The van der Waals surface area contributed by atoms with E-state index in [1.807, 2.05) is 6.92 Å². The highest BCUT2D eigenvalue weighted by Crippen LogP contribution is 2.41. The summed E-state index contributed by atoms with van der Waals surface area (Å²) >= 11 is 0. The van der Waals surface area contributed by atoms with Crippen LogP contribution in [0.4, 0.5) is 23.9 Å². The molecule has 6 rings (SSSR count). The molecule has 0 bridgehead atoms. The van der Waals surface area contributed by atoms with Crippen LogP contribution in [0.25, 0.3) is 33.3 Å². The number of fused-ring (bicyclic) bond motifs is 1. The molecule has 1 saturated heterocycles. The molecule has 0 saturated carbocycles. The summed E-state index contributed by atoms with van der Waals surface area (Å²) in [7, 11) is -2.50. The summed E-state index contributed by atoms with van der Waals surface area (Å²) in [5.41, 5.74) is -0.0871. The van der Waals surface area contributed by atoms with E-state index >= 15 is 0 Å². The smallest absolute Gasteiger partial charge is 0.419 e. The molecule has 5 aromatic rings. The molecule has 3 aromatic heterocycles. The van der Waals surface area contributed by atoms with Crippen molar-refractivity contribution in [2.24, 2.45) is 7.05 Å². The van der Waals surface area contributed by atoms with E-state index in [9.17, 15) is 26.4 Å². The largest absolute Gasteiger partial charge is 0.444 e. The van der Waals surface area contributed by atoms with Crippen LogP contribution in [-0.4, -0.2) is 67.9 Å². The Balaban J connectivity index is 1.47. The van der Waals surface area contributed by atoms with E-state index in [0.717, 1.165) is 9.54 Å². The fourth-order valence-corrected chi connectivity index (χ4v) is 7.36. The lowest BCUT2D eigenvalue weighted by atomic mass is 10.0. The van der Waals surface area contributed by atoms with Crippen molar-refractivity contribution in [2.75, 3.05) is 18.4 Å². The molecule has 1 aliphatic heterocycles. The van der Waals surface area contributed by atoms with Gasteiger partial charge in [-0.3, -0.25) is 4.68 Å². The van der Waals surface area contributed by atoms with Crippen molar-refractivity contribution >= 4 is 33.0 Å². The van der Waals surface area contributed by atoms with Crippen LogP contribution in [-0.2, 0) is 28.0 Å². The maximum Gasteiger partial charge on any atom is 0.419 e. The first-order valence-corrected chi connectivity index (χ1v) is 17.1. The summed E-state index contributed by atoms with van der Waals surface area (Å²) in [5.74, 6) is -0.0894. The van der Waals surface area contributed by atoms with Crippen LogP contribution in [0.15, 0.2) is 72.0 Å². The zero-order valence-electron chi connectivity index (χ0n) is 27.6. The number of piperidine rings is 1. The van der Waals surface area contributed by atoms with Gasteiger partial charge < -0.3 is 15.0 Å². The second-order valence-electron chi connectivity index (χ2n) is 13.1. The zero-order chi connectivity index (χ0) is 35.3. The van der Waals surface area contributed by atoms with Crippen molar-refractivity contribution in [3.05, 3.63) is 78.4 Å². The van der Waals surface area contributed by atoms with Crippen molar-refractivity contribution < 1.29 is 31.1 Å². The Morgan fingerprint density at radius 3 is 2.43 bits per heavy atom. The molecular formula is C34H36F3N7O4S. The van der Waals surface area contributed by atoms with E-state index in [-0.39, 0.29) is 39.9 Å². The number of hydrogen-bond acceptors (Lipinski definition) is 8. The number of carbonyl (C=O) groups excluding carboxylic acids is 1. The number of carbonyl (C=O) groups is 1. The highest BCUT2D eigenvalue weighted by Gasteiger charge is 2.37. The van der Waals surface area contributed by atoms with Crippen LogP contribution in [0.5, 0.6) is 0 Å². The average Bonchev–Trinajstić information content (AvgIpc) is 3.59. The Morgan fingerprint density at radius 1 is 1.04 bits per heavy atom. The topological polar surface area (TPSA) is 124 Å². The molecule has 1 aliphatic rings. The fraction of sp³-hybridized carbons (Fsp3) is 0.353. The lowest BCUT2D eigenvalue weighted by molar-refractivity contribution is -0.137. The molecule has 0 spiro atoms. The number of nitrogens with zero attached hydrogens (tertiary/aromatic N) is 6. The summed E-state index contributed by atoms with van der Waals surface area (Å²) in [6.07, 6.45) is -0.429. The number of halogens is 3. The summed E-state index contributed by atoms with van der Waals surface area (Å²) in [6.45, 7) is 7.83. The summed E-state index contributed by atoms with van der Waals surface area (Å²) < 4.78 is 79.8. The maximum absolute atomic E-state index is 14.5. The second kappa shape index (κ2) is 12.5. The van der Waals surface area contributed by atoms with Gasteiger partial charge in [0.1, 0.15) is 11.2 Å². The van der Waals surface area contributed by atoms with Gasteiger partial charge in [-0.05, 0) is 64.3 Å². The summed E-state index contributed by atoms with van der Waals surface area (Å²) in [4.78, 5) is 22.6. The van der Waals surface area contributed by atoms with Crippen molar-refractivity contribution in [3.63, 3.8) is 0 Å². The highest BCUT2D eigenvalue weighted by molar-refractivity contribution is 7.90. The van der Waals surface area contributed by atoms with Gasteiger partial charge in [0.25, 0.3) is 10.0 Å². The van der Waals surface area contributed by atoms with Gasteiger partial charge >= 0.3 is 12.3 Å². The summed E-state index contributed by atoms with van der Waals surface area (Å²) in [5, 5.41) is 7.72. The third-order valence-corrected chi connectivity index (χ3v) is 9.84. The maximum atomic E-state index is 14.5. The molecular weight excluding hydrogens is 659 g/mol. The molecule has 4 heterocycles. The predicted molar refractivity (Wildman–Crippen MR) is 178 cm³/mol. The molecule has 0 radical (unpaired) electrons. The van der Waals surface area contributed by atoms with Crippen molar-refractivity contribution in [1.82, 2.24) is 28.6 Å². The monoisotopic (exact) mass is 695 g/mol. The molecule has 2 aromatic carbocycles. The van der Waals surface area contributed by atoms with Crippen LogP contribution in [0.1, 0.15) is 44.9 Å². The second-order valence-corrected chi connectivity index (χ2v) is 14.9. The predicted octanol–water partition coefficient (Wildman–Crippen LogP) is 6.87. The molecule has 1 fully saturated rings. The van der Waals surface area contributed by atoms with E-state index in [1.54, 1.807) is 80.0 Å². The number of hydrogen-bond donors (Lipinski definition) is 1. The SMILES string of the molecule is Cc1nn(C)cc1-c1ccc2c(-c3nc(N[C@H]4CCCN(C(=O)OC(C)(C)C)C4)ncc3C(F)(F)F)cn(S(=O)(=O)c3ccccc3)c2c1. The average molecular weight is 696 g/mol. The minimum Gasteiger partial charge on any atom is -0.444 e. The standard InChI is InChI=1S/C34H36F3N7O4S/c1-21-26(19-42(5)41-21)22-13-14-25-27(20-44(29(25)16-22)49(46,47)24-11-7-6-8-12-24)30-28(34(35,36)37)17-38-31(40-30)39-23-10-9-15-43(18-23)32(45)48-33(2,3)4/h6-8,11-14,16-17,19-20,23H,9-10,15,18H2,1-5H3,(H,38,39,40)/t23-/m0/s1. The van der Waals surface area contributed by atoms with E-state index < -0.39 is 39.2 Å². The number of amides is 1. The van der Waals surface area contributed by atoms with Crippen molar-refractivity contribution in [1.29, 1.82) is 0 Å². The molecule has 1 atom stereocenters. The van der Waals surface area contributed by atoms with Crippen LogP contribution >= 0.6 is 0 Å². The highest BCUT2D eigenvalue weighted by atomic mass is 32.2. The number of alkyl halides is 3. The molecule has 0 aliphatic carbocycles. The van der Waals surface area contributed by atoms with E-state index in [0.29, 0.717) is 36.8 Å². The number of aromatic nitrogens is 5. The Labute approximate surface area is 281 Å². The molecule has 258 valence electrons. The van der Waals surface area contributed by atoms with Gasteiger partial charge in [-0.2, -0.15) is 18.3 Å². The Morgan fingerprint density at radius 2 is 1.78 bits per heavy atom. The molecule has 15 heteroatoms.